The summed E-state index contributed by atoms with van der Waals surface area (Å²) in [4.78, 5) is 38.2. The molecule has 1 fully saturated rings. The second-order valence-corrected chi connectivity index (χ2v) is 17.8. The minimum absolute atomic E-state index is 0.0109. The summed E-state index contributed by atoms with van der Waals surface area (Å²) >= 11 is 6.59. The van der Waals surface area contributed by atoms with Crippen molar-refractivity contribution in [3.05, 3.63) is 128 Å². The number of aromatic nitrogens is 7. The number of rotatable bonds is 11. The predicted octanol–water partition coefficient (Wildman–Crippen LogP) is 8.10. The van der Waals surface area contributed by atoms with Crippen molar-refractivity contribution in [2.75, 3.05) is 11.0 Å². The molecule has 1 amide bonds. The first-order chi connectivity index (χ1) is 30.5. The largest absolute Gasteiger partial charge is 0.416 e. The van der Waals surface area contributed by atoms with Crippen LogP contribution in [-0.2, 0) is 46.9 Å². The number of nitrogens with zero attached hydrogens (tertiary/aromatic N) is 7. The first-order valence-electron chi connectivity index (χ1n) is 19.3. The van der Waals surface area contributed by atoms with Crippen LogP contribution < -0.4 is 15.6 Å². The van der Waals surface area contributed by atoms with Crippen molar-refractivity contribution in [3.63, 3.8) is 0 Å². The van der Waals surface area contributed by atoms with Crippen LogP contribution in [-0.4, -0.2) is 54.7 Å². The zero-order valence-corrected chi connectivity index (χ0v) is 34.8. The molecule has 3 aromatic carbocycles. The van der Waals surface area contributed by atoms with Crippen LogP contribution >= 0.6 is 11.6 Å². The number of nitrogens with one attached hydrogen (secondary N) is 2. The Morgan fingerprint density at radius 1 is 0.985 bits per heavy atom. The van der Waals surface area contributed by atoms with Gasteiger partial charge in [0, 0.05) is 36.6 Å². The molecule has 338 valence electrons. The van der Waals surface area contributed by atoms with Gasteiger partial charge in [0.25, 0.3) is 17.9 Å². The molecule has 0 bridgehead atoms. The topological polar surface area (TPSA) is 159 Å². The third kappa shape index (κ3) is 7.82. The van der Waals surface area contributed by atoms with Gasteiger partial charge in [0.15, 0.2) is 11.5 Å². The van der Waals surface area contributed by atoms with Gasteiger partial charge >= 0.3 is 6.18 Å². The summed E-state index contributed by atoms with van der Waals surface area (Å²) in [5.41, 5.74) is -4.35. The normalized spacial score (nSPS) is 17.1. The Labute approximate surface area is 364 Å². The second kappa shape index (κ2) is 15.3. The molecule has 4 heterocycles. The van der Waals surface area contributed by atoms with Crippen molar-refractivity contribution in [2.24, 2.45) is 13.0 Å². The van der Waals surface area contributed by atoms with E-state index in [0.29, 0.717) is 10.7 Å². The minimum Gasteiger partial charge on any atom is -0.344 e. The maximum atomic E-state index is 15.5. The number of hydrogen-bond donors (Lipinski definition) is 2. The highest BCUT2D eigenvalue weighted by atomic mass is 35.5. The monoisotopic (exact) mass is 949 g/mol. The van der Waals surface area contributed by atoms with E-state index >= 15 is 8.78 Å². The Kier molecular flexibility index (Phi) is 10.3. The van der Waals surface area contributed by atoms with Gasteiger partial charge in [-0.25, -0.2) is 35.9 Å². The van der Waals surface area contributed by atoms with Crippen LogP contribution in [0.1, 0.15) is 58.7 Å². The van der Waals surface area contributed by atoms with Crippen molar-refractivity contribution in [1.82, 2.24) is 39.4 Å². The summed E-state index contributed by atoms with van der Waals surface area (Å²) in [6.07, 6.45) is -7.70. The number of alkyl halides is 7. The van der Waals surface area contributed by atoms with Crippen molar-refractivity contribution < 1.29 is 52.7 Å². The third-order valence-electron chi connectivity index (χ3n) is 11.2. The molecule has 1 saturated carbocycles. The molecule has 9 rings (SSSR count). The number of carbonyl (C=O) groups is 1. The van der Waals surface area contributed by atoms with E-state index in [4.69, 9.17) is 11.6 Å². The average Bonchev–Trinajstić information content (AvgIpc) is 3.75. The number of amides is 1. The molecule has 0 aliphatic heterocycles. The summed E-state index contributed by atoms with van der Waals surface area (Å²) in [6, 6.07) is 9.81. The lowest BCUT2D eigenvalue weighted by Gasteiger charge is -2.24. The Bertz CT molecular complexity index is 3280. The molecule has 7 aromatic rings. The van der Waals surface area contributed by atoms with Crippen LogP contribution in [0.25, 0.3) is 38.9 Å². The lowest BCUT2D eigenvalue weighted by Crippen LogP contribution is -2.38. The van der Waals surface area contributed by atoms with E-state index in [2.05, 4.69) is 30.2 Å². The summed E-state index contributed by atoms with van der Waals surface area (Å²) in [5, 5.41) is 10.2. The van der Waals surface area contributed by atoms with Gasteiger partial charge in [-0.15, -0.1) is 0 Å². The van der Waals surface area contributed by atoms with E-state index in [1.807, 2.05) is 0 Å². The van der Waals surface area contributed by atoms with E-state index in [1.165, 1.54) is 36.0 Å². The van der Waals surface area contributed by atoms with E-state index in [-0.39, 0.29) is 67.3 Å². The van der Waals surface area contributed by atoms with E-state index in [1.54, 1.807) is 0 Å². The fourth-order valence-electron chi connectivity index (χ4n) is 8.45. The molecule has 4 aromatic heterocycles. The van der Waals surface area contributed by atoms with Crippen molar-refractivity contribution >= 4 is 55.3 Å². The predicted molar refractivity (Wildman–Crippen MR) is 216 cm³/mol. The molecule has 0 radical (unpaired) electrons. The van der Waals surface area contributed by atoms with Crippen molar-refractivity contribution in [3.8, 4) is 16.9 Å². The molecule has 2 aliphatic rings. The molecule has 24 heteroatoms. The number of aryl methyl sites for hydroxylation is 1. The number of pyridine rings is 1. The fourth-order valence-corrected chi connectivity index (χ4v) is 9.19. The highest BCUT2D eigenvalue weighted by Gasteiger charge is 2.67. The molecule has 2 unspecified atom stereocenters. The summed E-state index contributed by atoms with van der Waals surface area (Å²) in [7, 11) is -2.59. The van der Waals surface area contributed by atoms with Gasteiger partial charge in [0.1, 0.15) is 35.4 Å². The van der Waals surface area contributed by atoms with Crippen LogP contribution in [0.15, 0.2) is 71.5 Å². The maximum absolute atomic E-state index is 15.5. The third-order valence-corrected chi connectivity index (χ3v) is 12.1. The Balaban J connectivity index is 1.25. The summed E-state index contributed by atoms with van der Waals surface area (Å²) in [6.45, 7) is -1.07. The SMILES string of the molecule is Cn1nc(NS(C)(=O)=O)c2c(Cl)ccc(-n3c([C@H](Cc4cc(F)cc(F)c4)NC(=O)Cn4nc(C(F)F)c5c4C(F)(F)C4CC54)nc4nc(-c5ccc(C(F)(F)F)cc5)ccc4c3=O)c21. The van der Waals surface area contributed by atoms with Gasteiger partial charge in [0.2, 0.25) is 15.9 Å². The molecule has 13 nitrogen and oxygen atoms in total. The van der Waals surface area contributed by atoms with E-state index < -0.39 is 105 Å². The van der Waals surface area contributed by atoms with Gasteiger partial charge in [0.05, 0.1) is 50.6 Å². The quantitative estimate of drug-likeness (QED) is 0.123. The molecule has 0 saturated heterocycles. The lowest BCUT2D eigenvalue weighted by molar-refractivity contribution is -0.137. The van der Waals surface area contributed by atoms with Gasteiger partial charge in [-0.3, -0.25) is 28.2 Å². The highest BCUT2D eigenvalue weighted by molar-refractivity contribution is 7.92. The number of benzene rings is 3. The van der Waals surface area contributed by atoms with Crippen molar-refractivity contribution in [2.45, 2.75) is 49.9 Å². The van der Waals surface area contributed by atoms with Gasteiger partial charge in [-0.1, -0.05) is 23.7 Å². The average molecular weight is 950 g/mol. The standard InChI is InChI=1S/C41H29ClF9N9O4S/c1-58-33-28(10-8-25(42)31(33)37(56-58)57-65(2,63)64)60-38(54-36-22(39(60)62)7-9-26(53-36)18-3-5-19(6-4-18)41(49,50)51)27(13-17-11-20(43)14-21(44)12-17)52-29(61)16-59-34-30(32(55-59)35(45)46)23-15-24(23)40(34,47)48/h3-12,14,23-24,27,35H,13,15-16H2,1-2H3,(H,52,61)(H,56,57)/t23?,24?,27-/m0/s1. The number of anilines is 1. The number of fused-ring (bicyclic) bond motifs is 5. The highest BCUT2D eigenvalue weighted by Crippen LogP contribution is 2.68. The lowest BCUT2D eigenvalue weighted by atomic mass is 10.0. The molecule has 2 N–H and O–H groups in total. The fraction of sp³-hybridized carbons (Fsp3) is 0.268. The van der Waals surface area contributed by atoms with Crippen LogP contribution in [0.2, 0.25) is 5.02 Å². The van der Waals surface area contributed by atoms with Crippen LogP contribution in [0.3, 0.4) is 0 Å². The molecular weight excluding hydrogens is 921 g/mol. The molecule has 65 heavy (non-hydrogen) atoms. The van der Waals surface area contributed by atoms with Gasteiger partial charge in [-0.05, 0) is 66.4 Å². The first kappa shape index (κ1) is 43.7. The Morgan fingerprint density at radius 2 is 1.68 bits per heavy atom. The van der Waals surface area contributed by atoms with E-state index in [0.717, 1.165) is 47.2 Å². The zero-order valence-electron chi connectivity index (χ0n) is 33.2. The first-order valence-corrected chi connectivity index (χ1v) is 21.5. The smallest absolute Gasteiger partial charge is 0.344 e. The molecular formula is C41H29ClF9N9O4S. The number of halogens is 10. The molecule has 0 spiro atoms. The minimum atomic E-state index is -4.66. The number of carbonyl (C=O) groups excluding carboxylic acids is 1. The number of sulfonamides is 1. The maximum Gasteiger partial charge on any atom is 0.416 e. The summed E-state index contributed by atoms with van der Waals surface area (Å²) < 4.78 is 159. The Morgan fingerprint density at radius 3 is 2.32 bits per heavy atom. The summed E-state index contributed by atoms with van der Waals surface area (Å²) in [5.74, 6) is -9.70. The van der Waals surface area contributed by atoms with E-state index in [9.17, 15) is 48.7 Å². The zero-order chi connectivity index (χ0) is 46.7. The van der Waals surface area contributed by atoms with Crippen molar-refractivity contribution in [1.29, 1.82) is 0 Å². The molecule has 2 aliphatic carbocycles. The van der Waals surface area contributed by atoms with Gasteiger partial charge in [-0.2, -0.15) is 32.1 Å². The van der Waals surface area contributed by atoms with Crippen LogP contribution in [0, 0.1) is 17.6 Å². The van der Waals surface area contributed by atoms with Crippen LogP contribution in [0.4, 0.5) is 45.3 Å². The number of hydrogen-bond acceptors (Lipinski definition) is 8. The Hall–Kier alpha value is -6.49. The van der Waals surface area contributed by atoms with Crippen LogP contribution in [0.5, 0.6) is 0 Å². The second-order valence-electron chi connectivity index (χ2n) is 15.7. The molecule has 3 atom stereocenters. The van der Waals surface area contributed by atoms with Gasteiger partial charge < -0.3 is 5.32 Å².